The van der Waals surface area contributed by atoms with E-state index < -0.39 is 11.9 Å². The lowest BCUT2D eigenvalue weighted by Crippen LogP contribution is -2.27. The van der Waals surface area contributed by atoms with E-state index in [4.69, 9.17) is 10.4 Å². The van der Waals surface area contributed by atoms with Crippen molar-refractivity contribution in [3.8, 4) is 6.07 Å². The van der Waals surface area contributed by atoms with Crippen LogP contribution in [-0.2, 0) is 16.0 Å². The molecule has 0 bridgehead atoms. The first kappa shape index (κ1) is 16.2. The van der Waals surface area contributed by atoms with Crippen molar-refractivity contribution in [2.45, 2.75) is 19.8 Å². The topological polar surface area (TPSA) is 102 Å². The third-order valence-electron chi connectivity index (χ3n) is 2.73. The second-order valence-electron chi connectivity index (χ2n) is 4.26. The molecule has 0 aromatic heterocycles. The molecule has 1 amide bonds. The zero-order chi connectivity index (χ0) is 15.7. The first-order valence-corrected chi connectivity index (χ1v) is 6.52. The quantitative estimate of drug-likeness (QED) is 0.523. The molecule has 0 aliphatic rings. The van der Waals surface area contributed by atoms with Crippen LogP contribution in [-0.4, -0.2) is 23.5 Å². The number of amides is 1. The van der Waals surface area contributed by atoms with Crippen LogP contribution in [0.4, 0.5) is 5.69 Å². The Morgan fingerprint density at radius 2 is 2.00 bits per heavy atom. The molecule has 6 nitrogen and oxygen atoms in total. The van der Waals surface area contributed by atoms with Gasteiger partial charge in [-0.15, -0.1) is 0 Å². The number of carboxylic acid groups (broad SMARTS) is 1. The number of carbonyl (C=O) groups is 2. The molecule has 6 heteroatoms. The van der Waals surface area contributed by atoms with Gasteiger partial charge in [-0.25, -0.2) is 0 Å². The lowest BCUT2D eigenvalue weighted by atomic mass is 10.1. The minimum Gasteiger partial charge on any atom is -0.481 e. The fourth-order valence-corrected chi connectivity index (χ4v) is 1.52. The molecule has 0 spiro atoms. The predicted octanol–water partition coefficient (Wildman–Crippen LogP) is 1.66. The van der Waals surface area contributed by atoms with Crippen molar-refractivity contribution in [3.63, 3.8) is 0 Å². The van der Waals surface area contributed by atoms with E-state index in [1.54, 1.807) is 6.07 Å². The first-order valence-electron chi connectivity index (χ1n) is 6.52. The Morgan fingerprint density at radius 3 is 2.52 bits per heavy atom. The molecule has 0 saturated heterocycles. The van der Waals surface area contributed by atoms with E-state index in [1.807, 2.05) is 24.3 Å². The van der Waals surface area contributed by atoms with Crippen LogP contribution in [0.2, 0.25) is 0 Å². The highest BCUT2D eigenvalue weighted by Crippen LogP contribution is 2.10. The van der Waals surface area contributed by atoms with Crippen molar-refractivity contribution in [1.29, 1.82) is 5.26 Å². The van der Waals surface area contributed by atoms with Gasteiger partial charge in [0, 0.05) is 18.4 Å². The summed E-state index contributed by atoms with van der Waals surface area (Å²) in [6, 6.07) is 9.39. The van der Waals surface area contributed by atoms with E-state index in [1.165, 1.54) is 11.8 Å². The van der Waals surface area contributed by atoms with E-state index in [0.717, 1.165) is 12.1 Å². The highest BCUT2D eigenvalue weighted by Gasteiger charge is 2.08. The van der Waals surface area contributed by atoms with Crippen LogP contribution >= 0.6 is 0 Å². The Bertz CT molecular complexity index is 571. The molecule has 21 heavy (non-hydrogen) atoms. The van der Waals surface area contributed by atoms with Gasteiger partial charge in [-0.1, -0.05) is 19.1 Å². The molecule has 1 rings (SSSR count). The van der Waals surface area contributed by atoms with Gasteiger partial charge in [0.15, 0.2) is 0 Å². The number of carboxylic acids is 1. The van der Waals surface area contributed by atoms with E-state index in [0.29, 0.717) is 0 Å². The number of rotatable bonds is 7. The van der Waals surface area contributed by atoms with Gasteiger partial charge in [0.2, 0.25) is 0 Å². The standard InChI is InChI=1S/C15H17N3O3/c1-2-11-3-5-13(6-4-11)18-10-12(9-16)15(21)17-8-7-14(19)20/h3-6,10,18H,2,7-8H2,1H3,(H,17,21)(H,19,20)/b12-10-. The van der Waals surface area contributed by atoms with Crippen molar-refractivity contribution < 1.29 is 14.7 Å². The normalized spacial score (nSPS) is 10.6. The van der Waals surface area contributed by atoms with Crippen LogP contribution in [0.5, 0.6) is 0 Å². The highest BCUT2D eigenvalue weighted by atomic mass is 16.4. The molecule has 1 aromatic rings. The predicted molar refractivity (Wildman–Crippen MR) is 78.4 cm³/mol. The van der Waals surface area contributed by atoms with Crippen molar-refractivity contribution in [2.24, 2.45) is 0 Å². The summed E-state index contributed by atoms with van der Waals surface area (Å²) in [6.07, 6.45) is 2.05. The number of aliphatic carboxylic acids is 1. The monoisotopic (exact) mass is 287 g/mol. The molecular weight excluding hydrogens is 270 g/mol. The molecule has 0 radical (unpaired) electrons. The molecule has 0 fully saturated rings. The third kappa shape index (κ3) is 5.78. The molecule has 0 unspecified atom stereocenters. The maximum Gasteiger partial charge on any atom is 0.305 e. The molecule has 0 aliphatic carbocycles. The molecule has 1 aromatic carbocycles. The minimum atomic E-state index is -1.01. The van der Waals surface area contributed by atoms with Crippen molar-refractivity contribution in [1.82, 2.24) is 5.32 Å². The van der Waals surface area contributed by atoms with Gasteiger partial charge in [-0.05, 0) is 24.1 Å². The molecule has 0 heterocycles. The maximum atomic E-state index is 11.6. The van der Waals surface area contributed by atoms with E-state index in [9.17, 15) is 9.59 Å². The smallest absolute Gasteiger partial charge is 0.305 e. The van der Waals surface area contributed by atoms with Crippen molar-refractivity contribution in [3.05, 3.63) is 41.6 Å². The fourth-order valence-electron chi connectivity index (χ4n) is 1.52. The van der Waals surface area contributed by atoms with Gasteiger partial charge in [-0.2, -0.15) is 5.26 Å². The summed E-state index contributed by atoms with van der Waals surface area (Å²) in [4.78, 5) is 22.0. The zero-order valence-corrected chi connectivity index (χ0v) is 11.7. The van der Waals surface area contributed by atoms with E-state index >= 15 is 0 Å². The summed E-state index contributed by atoms with van der Waals surface area (Å²) in [5.74, 6) is -1.61. The molecular formula is C15H17N3O3. The largest absolute Gasteiger partial charge is 0.481 e. The SMILES string of the molecule is CCc1ccc(N/C=C(/C#N)C(=O)NCCC(=O)O)cc1. The fraction of sp³-hybridized carbons (Fsp3) is 0.267. The van der Waals surface area contributed by atoms with Gasteiger partial charge in [0.05, 0.1) is 6.42 Å². The zero-order valence-electron chi connectivity index (χ0n) is 11.7. The summed E-state index contributed by atoms with van der Waals surface area (Å²) in [5, 5.41) is 22.6. The van der Waals surface area contributed by atoms with Gasteiger partial charge >= 0.3 is 5.97 Å². The maximum absolute atomic E-state index is 11.6. The number of hydrogen-bond acceptors (Lipinski definition) is 4. The lowest BCUT2D eigenvalue weighted by molar-refractivity contribution is -0.136. The second-order valence-corrected chi connectivity index (χ2v) is 4.26. The Morgan fingerprint density at radius 1 is 1.33 bits per heavy atom. The van der Waals surface area contributed by atoms with Crippen molar-refractivity contribution >= 4 is 17.6 Å². The summed E-state index contributed by atoms with van der Waals surface area (Å²) in [5.41, 5.74) is 1.84. The number of nitriles is 1. The number of hydrogen-bond donors (Lipinski definition) is 3. The Hall–Kier alpha value is -2.81. The summed E-state index contributed by atoms with van der Waals surface area (Å²) >= 11 is 0. The number of anilines is 1. The average Bonchev–Trinajstić information content (AvgIpc) is 2.48. The minimum absolute atomic E-state index is 0.0155. The Labute approximate surface area is 123 Å². The van der Waals surface area contributed by atoms with Crippen LogP contribution < -0.4 is 10.6 Å². The number of benzene rings is 1. The molecule has 0 saturated carbocycles. The van der Waals surface area contributed by atoms with Gasteiger partial charge in [0.1, 0.15) is 11.6 Å². The van der Waals surface area contributed by atoms with E-state index in [-0.39, 0.29) is 18.5 Å². The third-order valence-corrected chi connectivity index (χ3v) is 2.73. The van der Waals surface area contributed by atoms with Gasteiger partial charge in [0.25, 0.3) is 5.91 Å². The van der Waals surface area contributed by atoms with Crippen LogP contribution in [0.1, 0.15) is 18.9 Å². The highest BCUT2D eigenvalue weighted by molar-refractivity contribution is 5.97. The number of carbonyl (C=O) groups excluding carboxylic acids is 1. The van der Waals surface area contributed by atoms with Crippen LogP contribution in [0.3, 0.4) is 0 Å². The number of aryl methyl sites for hydroxylation is 1. The average molecular weight is 287 g/mol. The van der Waals surface area contributed by atoms with Crippen LogP contribution in [0, 0.1) is 11.3 Å². The lowest BCUT2D eigenvalue weighted by Gasteiger charge is -2.04. The number of nitrogens with zero attached hydrogens (tertiary/aromatic N) is 1. The van der Waals surface area contributed by atoms with Crippen LogP contribution in [0.15, 0.2) is 36.0 Å². The summed E-state index contributed by atoms with van der Waals surface area (Å²) in [6.45, 7) is 2.04. The van der Waals surface area contributed by atoms with Gasteiger partial charge < -0.3 is 15.7 Å². The van der Waals surface area contributed by atoms with E-state index in [2.05, 4.69) is 17.6 Å². The Balaban J connectivity index is 2.59. The summed E-state index contributed by atoms with van der Waals surface area (Å²) in [7, 11) is 0. The molecule has 3 N–H and O–H groups in total. The van der Waals surface area contributed by atoms with Crippen molar-refractivity contribution in [2.75, 3.05) is 11.9 Å². The molecule has 110 valence electrons. The molecule has 0 aliphatic heterocycles. The van der Waals surface area contributed by atoms with Gasteiger partial charge in [-0.3, -0.25) is 9.59 Å². The first-order chi connectivity index (χ1) is 10.1. The molecule has 0 atom stereocenters. The number of nitrogens with one attached hydrogen (secondary N) is 2. The summed E-state index contributed by atoms with van der Waals surface area (Å²) < 4.78 is 0. The van der Waals surface area contributed by atoms with Crippen LogP contribution in [0.25, 0.3) is 0 Å². The Kier molecular flexibility index (Phi) is 6.48. The second kappa shape index (κ2) is 8.38.